The van der Waals surface area contributed by atoms with Gasteiger partial charge in [-0.3, -0.25) is 9.59 Å². The van der Waals surface area contributed by atoms with Crippen LogP contribution in [0.1, 0.15) is 98.5 Å². The lowest BCUT2D eigenvalue weighted by molar-refractivity contribution is -0.119. The monoisotopic (exact) mass is 571 g/mol. The van der Waals surface area contributed by atoms with Crippen molar-refractivity contribution in [3.8, 4) is 11.5 Å². The van der Waals surface area contributed by atoms with Crippen LogP contribution in [0.2, 0.25) is 0 Å². The van der Waals surface area contributed by atoms with Crippen molar-refractivity contribution in [1.29, 1.82) is 0 Å². The van der Waals surface area contributed by atoms with E-state index in [-0.39, 0.29) is 28.3 Å². The van der Waals surface area contributed by atoms with Gasteiger partial charge < -0.3 is 14.4 Å². The van der Waals surface area contributed by atoms with Gasteiger partial charge in [0.05, 0.1) is 17.7 Å². The lowest BCUT2D eigenvalue weighted by Crippen LogP contribution is -2.44. The van der Waals surface area contributed by atoms with Crippen LogP contribution in [0.3, 0.4) is 0 Å². The van der Waals surface area contributed by atoms with Gasteiger partial charge in [0.25, 0.3) is 0 Å². The summed E-state index contributed by atoms with van der Waals surface area (Å²) in [6, 6.07) is 4.03. The van der Waals surface area contributed by atoms with Crippen molar-refractivity contribution in [2.24, 2.45) is 10.8 Å². The number of Topliss-reactive ketones (excluding diaryl/α,β-unsaturated/α-hetero) is 2. The molecule has 1 aliphatic heterocycles. The molecule has 5 nitrogen and oxygen atoms in total. The second-order valence-electron chi connectivity index (χ2n) is 12.3. The normalized spacial score (nSPS) is 21.2. The zero-order valence-electron chi connectivity index (χ0n) is 23.6. The molecule has 0 N–H and O–H groups in total. The molecule has 1 heterocycles. The van der Waals surface area contributed by atoms with Gasteiger partial charge in [0.15, 0.2) is 23.1 Å². The number of allylic oxidation sites excluding steroid dienone is 4. The van der Waals surface area contributed by atoms with Crippen molar-refractivity contribution in [1.82, 2.24) is 4.90 Å². The molecule has 0 saturated heterocycles. The van der Waals surface area contributed by atoms with Crippen LogP contribution in [-0.4, -0.2) is 36.2 Å². The van der Waals surface area contributed by atoms with Crippen molar-refractivity contribution >= 4 is 27.5 Å². The largest absolute Gasteiger partial charge is 0.490 e. The Morgan fingerprint density at radius 2 is 1.43 bits per heavy atom. The van der Waals surface area contributed by atoms with E-state index in [1.807, 2.05) is 19.1 Å². The molecule has 1 aromatic rings. The maximum atomic E-state index is 13.9. The molecule has 202 valence electrons. The van der Waals surface area contributed by atoms with Gasteiger partial charge in [-0.25, -0.2) is 0 Å². The van der Waals surface area contributed by atoms with Crippen LogP contribution in [0.4, 0.5) is 0 Å². The van der Waals surface area contributed by atoms with E-state index in [1.54, 1.807) is 0 Å². The standard InChI is InChI=1S/C31H42BrNO4/c1-8-11-33-21-15-30(4,5)17-23(34)27(21)26(28-22(33)16-31(6,7)18-24(28)35)19-13-20(32)29(37-12-9-2)25(14-19)36-10-3/h13-14,26H,8-12,15-18H2,1-7H3. The molecule has 0 spiro atoms. The number of carbonyl (C=O) groups excluding carboxylic acids is 2. The Morgan fingerprint density at radius 3 is 1.92 bits per heavy atom. The fourth-order valence-electron chi connectivity index (χ4n) is 6.24. The zero-order chi connectivity index (χ0) is 27.1. The number of ketones is 2. The third kappa shape index (κ3) is 5.41. The Morgan fingerprint density at radius 1 is 0.865 bits per heavy atom. The maximum absolute atomic E-state index is 13.9. The summed E-state index contributed by atoms with van der Waals surface area (Å²) >= 11 is 3.73. The van der Waals surface area contributed by atoms with Gasteiger partial charge in [-0.15, -0.1) is 0 Å². The maximum Gasteiger partial charge on any atom is 0.175 e. The fraction of sp³-hybridized carbons (Fsp3) is 0.613. The van der Waals surface area contributed by atoms with E-state index in [9.17, 15) is 9.59 Å². The lowest BCUT2D eigenvalue weighted by atomic mass is 9.63. The highest BCUT2D eigenvalue weighted by atomic mass is 79.9. The number of rotatable bonds is 8. The molecule has 37 heavy (non-hydrogen) atoms. The Bertz CT molecular complexity index is 1110. The Hall–Kier alpha value is -2.08. The van der Waals surface area contributed by atoms with Crippen LogP contribution in [-0.2, 0) is 9.59 Å². The third-order valence-corrected chi connectivity index (χ3v) is 8.17. The van der Waals surface area contributed by atoms with E-state index < -0.39 is 0 Å². The summed E-state index contributed by atoms with van der Waals surface area (Å²) in [5.74, 6) is 1.24. The molecule has 0 aromatic heterocycles. The molecule has 0 bridgehead atoms. The van der Waals surface area contributed by atoms with Crippen LogP contribution in [0, 0.1) is 10.8 Å². The quantitative estimate of drug-likeness (QED) is 0.319. The van der Waals surface area contributed by atoms with Gasteiger partial charge in [0.1, 0.15) is 0 Å². The SMILES string of the molecule is CCCOc1c(Br)cc(C2C3=C(CC(C)(C)CC3=O)N(CCC)C3=C2C(=O)CC(C)(C)C3)cc1OCC. The predicted octanol–water partition coefficient (Wildman–Crippen LogP) is 7.73. The fourth-order valence-corrected chi connectivity index (χ4v) is 6.81. The first-order chi connectivity index (χ1) is 17.4. The lowest BCUT2D eigenvalue weighted by Gasteiger charge is -2.49. The van der Waals surface area contributed by atoms with Crippen molar-refractivity contribution in [3.05, 3.63) is 44.7 Å². The average Bonchev–Trinajstić information content (AvgIpc) is 2.78. The number of nitrogens with zero attached hydrogens (tertiary/aromatic N) is 1. The zero-order valence-corrected chi connectivity index (χ0v) is 25.1. The number of ether oxygens (including phenoxy) is 2. The minimum absolute atomic E-state index is 0.117. The molecule has 0 amide bonds. The molecule has 3 aliphatic rings. The number of halogens is 1. The van der Waals surface area contributed by atoms with Gasteiger partial charge in [-0.05, 0) is 77.1 Å². The minimum atomic E-state index is -0.388. The van der Waals surface area contributed by atoms with Crippen LogP contribution < -0.4 is 9.47 Å². The number of hydrogen-bond donors (Lipinski definition) is 0. The second-order valence-corrected chi connectivity index (χ2v) is 13.2. The van der Waals surface area contributed by atoms with E-state index in [0.29, 0.717) is 37.6 Å². The molecular weight excluding hydrogens is 530 g/mol. The highest BCUT2D eigenvalue weighted by Gasteiger charge is 2.49. The number of carbonyl (C=O) groups is 2. The summed E-state index contributed by atoms with van der Waals surface area (Å²) < 4.78 is 12.9. The van der Waals surface area contributed by atoms with Crippen molar-refractivity contribution in [2.75, 3.05) is 19.8 Å². The second kappa shape index (κ2) is 10.6. The first-order valence-electron chi connectivity index (χ1n) is 13.8. The van der Waals surface area contributed by atoms with Gasteiger partial charge >= 0.3 is 0 Å². The molecule has 0 fully saturated rings. The van der Waals surface area contributed by atoms with E-state index in [0.717, 1.165) is 64.8 Å². The van der Waals surface area contributed by atoms with Crippen LogP contribution in [0.15, 0.2) is 39.1 Å². The van der Waals surface area contributed by atoms with Crippen molar-refractivity contribution < 1.29 is 19.1 Å². The van der Waals surface area contributed by atoms with E-state index in [4.69, 9.17) is 9.47 Å². The van der Waals surface area contributed by atoms with Gasteiger partial charge in [0, 0.05) is 47.8 Å². The molecule has 2 aliphatic carbocycles. The minimum Gasteiger partial charge on any atom is -0.490 e. The Balaban J connectivity index is 1.98. The smallest absolute Gasteiger partial charge is 0.175 e. The summed E-state index contributed by atoms with van der Waals surface area (Å²) in [6.45, 7) is 16.8. The Labute approximate surface area is 230 Å². The molecular formula is C31H42BrNO4. The molecule has 0 atom stereocenters. The highest BCUT2D eigenvalue weighted by Crippen LogP contribution is 2.55. The first kappa shape index (κ1) is 27.9. The average molecular weight is 573 g/mol. The molecule has 4 rings (SSSR count). The summed E-state index contributed by atoms with van der Waals surface area (Å²) in [6.07, 6.45) is 4.46. The first-order valence-corrected chi connectivity index (χ1v) is 14.6. The number of hydrogen-bond acceptors (Lipinski definition) is 5. The molecule has 0 saturated carbocycles. The summed E-state index contributed by atoms with van der Waals surface area (Å²) in [5, 5.41) is 0. The summed E-state index contributed by atoms with van der Waals surface area (Å²) in [7, 11) is 0. The molecule has 0 unspecified atom stereocenters. The van der Waals surface area contributed by atoms with Crippen LogP contribution in [0.25, 0.3) is 0 Å². The van der Waals surface area contributed by atoms with Crippen molar-refractivity contribution in [2.45, 2.75) is 92.9 Å². The predicted molar refractivity (Wildman–Crippen MR) is 151 cm³/mol. The molecule has 0 radical (unpaired) electrons. The Kier molecular flexibility index (Phi) is 8.00. The van der Waals surface area contributed by atoms with E-state index >= 15 is 0 Å². The van der Waals surface area contributed by atoms with Crippen LogP contribution >= 0.6 is 15.9 Å². The topological polar surface area (TPSA) is 55.8 Å². The molecule has 1 aromatic carbocycles. The third-order valence-electron chi connectivity index (χ3n) is 7.58. The van der Waals surface area contributed by atoms with E-state index in [1.165, 1.54) is 0 Å². The van der Waals surface area contributed by atoms with E-state index in [2.05, 4.69) is 62.4 Å². The molecule has 6 heteroatoms. The van der Waals surface area contributed by atoms with Gasteiger partial charge in [0.2, 0.25) is 0 Å². The van der Waals surface area contributed by atoms with Crippen LogP contribution in [0.5, 0.6) is 11.5 Å². The summed E-state index contributed by atoms with van der Waals surface area (Å²) in [5.41, 5.74) is 4.50. The number of benzene rings is 1. The highest BCUT2D eigenvalue weighted by molar-refractivity contribution is 9.10. The summed E-state index contributed by atoms with van der Waals surface area (Å²) in [4.78, 5) is 30.2. The van der Waals surface area contributed by atoms with Gasteiger partial charge in [-0.1, -0.05) is 41.5 Å². The van der Waals surface area contributed by atoms with Crippen molar-refractivity contribution in [3.63, 3.8) is 0 Å². The van der Waals surface area contributed by atoms with Gasteiger partial charge in [-0.2, -0.15) is 0 Å².